The number of rotatable bonds is 9. The van der Waals surface area contributed by atoms with Crippen LogP contribution in [0.2, 0.25) is 0 Å². The summed E-state index contributed by atoms with van der Waals surface area (Å²) in [6.45, 7) is 11.6. The van der Waals surface area contributed by atoms with E-state index in [-0.39, 0.29) is 30.1 Å². The van der Waals surface area contributed by atoms with Crippen LogP contribution in [0.5, 0.6) is 0 Å². The van der Waals surface area contributed by atoms with Crippen molar-refractivity contribution in [1.82, 2.24) is 0 Å². The molecule has 0 radical (unpaired) electrons. The van der Waals surface area contributed by atoms with Crippen molar-refractivity contribution in [3.8, 4) is 0 Å². The van der Waals surface area contributed by atoms with Crippen molar-refractivity contribution in [2.75, 3.05) is 0 Å². The number of aliphatic hydroxyl groups excluding tert-OH is 1. The molecule has 0 aromatic carbocycles. The number of carbonyl (C=O) groups is 2. The topological polar surface area (TPSA) is 72.8 Å². The van der Waals surface area contributed by atoms with E-state index in [1.54, 1.807) is 0 Å². The van der Waals surface area contributed by atoms with Gasteiger partial charge in [-0.1, -0.05) is 20.3 Å². The third kappa shape index (κ3) is 9.03. The smallest absolute Gasteiger partial charge is 0.309 e. The average Bonchev–Trinajstić information content (AvgIpc) is 2.70. The Morgan fingerprint density at radius 3 is 1.94 bits per heavy atom. The first-order valence-corrected chi connectivity index (χ1v) is 13.1. The third-order valence-electron chi connectivity index (χ3n) is 7.72. The van der Waals surface area contributed by atoms with Gasteiger partial charge in [0.2, 0.25) is 0 Å². The first-order chi connectivity index (χ1) is 15.0. The maximum atomic E-state index is 12.7. The lowest BCUT2D eigenvalue weighted by molar-refractivity contribution is -0.160. The second-order valence-corrected chi connectivity index (χ2v) is 11.5. The Kier molecular flexibility index (Phi) is 10.5. The molecule has 0 aliphatic heterocycles. The quantitative estimate of drug-likeness (QED) is 0.430. The van der Waals surface area contributed by atoms with Gasteiger partial charge in [-0.15, -0.1) is 0 Å². The summed E-state index contributed by atoms with van der Waals surface area (Å²) < 4.78 is 11.1. The van der Waals surface area contributed by atoms with Crippen molar-refractivity contribution >= 4 is 11.9 Å². The fourth-order valence-corrected chi connectivity index (χ4v) is 6.00. The third-order valence-corrected chi connectivity index (χ3v) is 7.72. The van der Waals surface area contributed by atoms with Gasteiger partial charge in [-0.2, -0.15) is 0 Å². The lowest BCUT2D eigenvalue weighted by atomic mass is 9.68. The first kappa shape index (κ1) is 27.1. The van der Waals surface area contributed by atoms with Crippen molar-refractivity contribution in [1.29, 1.82) is 0 Å². The predicted molar refractivity (Wildman–Crippen MR) is 127 cm³/mol. The number of aliphatic hydroxyl groups is 1. The molecule has 0 aromatic heterocycles. The molecule has 0 saturated heterocycles. The zero-order valence-corrected chi connectivity index (χ0v) is 21.4. The molecule has 2 saturated carbocycles. The van der Waals surface area contributed by atoms with Crippen LogP contribution in [0, 0.1) is 29.6 Å². The second kappa shape index (κ2) is 12.4. The Hall–Kier alpha value is -1.10. The second-order valence-electron chi connectivity index (χ2n) is 11.5. The molecule has 0 spiro atoms. The van der Waals surface area contributed by atoms with Gasteiger partial charge in [-0.25, -0.2) is 0 Å². The van der Waals surface area contributed by atoms with Gasteiger partial charge in [-0.3, -0.25) is 9.59 Å². The maximum Gasteiger partial charge on any atom is 0.309 e. The largest absolute Gasteiger partial charge is 0.463 e. The molecule has 186 valence electrons. The number of hydrogen-bond donors (Lipinski definition) is 1. The van der Waals surface area contributed by atoms with Crippen LogP contribution in [0.4, 0.5) is 0 Å². The molecule has 5 nitrogen and oxygen atoms in total. The van der Waals surface area contributed by atoms with Gasteiger partial charge in [0.05, 0.1) is 12.0 Å². The summed E-state index contributed by atoms with van der Waals surface area (Å²) in [5, 5.41) is 9.94. The van der Waals surface area contributed by atoms with E-state index in [1.165, 1.54) is 6.92 Å². The molecule has 2 aliphatic carbocycles. The van der Waals surface area contributed by atoms with Crippen LogP contribution in [-0.2, 0) is 19.1 Å². The highest BCUT2D eigenvalue weighted by Crippen LogP contribution is 2.42. The first-order valence-electron chi connectivity index (χ1n) is 13.1. The molecular weight excluding hydrogens is 404 g/mol. The molecule has 32 heavy (non-hydrogen) atoms. The molecule has 2 rings (SSSR count). The summed E-state index contributed by atoms with van der Waals surface area (Å²) >= 11 is 0. The van der Waals surface area contributed by atoms with E-state index in [0.29, 0.717) is 23.7 Å². The highest BCUT2D eigenvalue weighted by Gasteiger charge is 2.35. The molecular formula is C27H48O5. The normalized spacial score (nSPS) is 29.6. The Balaban J connectivity index is 2.06. The van der Waals surface area contributed by atoms with Gasteiger partial charge in [0, 0.05) is 6.92 Å². The van der Waals surface area contributed by atoms with Crippen LogP contribution in [-0.4, -0.2) is 34.9 Å². The van der Waals surface area contributed by atoms with Crippen LogP contribution in [0.15, 0.2) is 0 Å². The monoisotopic (exact) mass is 452 g/mol. The van der Waals surface area contributed by atoms with Crippen LogP contribution < -0.4 is 0 Å². The van der Waals surface area contributed by atoms with E-state index in [2.05, 4.69) is 6.92 Å². The molecule has 0 amide bonds. The molecule has 0 aromatic rings. The fraction of sp³-hybridized carbons (Fsp3) is 0.926. The Bertz CT molecular complexity index is 579. The Morgan fingerprint density at radius 2 is 1.44 bits per heavy atom. The summed E-state index contributed by atoms with van der Waals surface area (Å²) in [4.78, 5) is 24.1. The molecule has 2 aliphatic rings. The highest BCUT2D eigenvalue weighted by molar-refractivity contribution is 5.72. The summed E-state index contributed by atoms with van der Waals surface area (Å²) in [6.07, 6.45) is 11.1. The summed E-state index contributed by atoms with van der Waals surface area (Å²) in [7, 11) is 0. The Labute approximate surface area is 196 Å². The van der Waals surface area contributed by atoms with Crippen LogP contribution >= 0.6 is 0 Å². The zero-order chi connectivity index (χ0) is 23.9. The van der Waals surface area contributed by atoms with Gasteiger partial charge < -0.3 is 14.6 Å². The summed E-state index contributed by atoms with van der Waals surface area (Å²) in [6, 6.07) is 0. The van der Waals surface area contributed by atoms with Crippen LogP contribution in [0.25, 0.3) is 0 Å². The van der Waals surface area contributed by atoms with Gasteiger partial charge >= 0.3 is 11.9 Å². The average molecular weight is 453 g/mol. The van der Waals surface area contributed by atoms with Gasteiger partial charge in [-0.05, 0) is 109 Å². The van der Waals surface area contributed by atoms with E-state index < -0.39 is 5.60 Å². The lowest BCUT2D eigenvalue weighted by Gasteiger charge is -2.39. The van der Waals surface area contributed by atoms with Gasteiger partial charge in [0.1, 0.15) is 11.7 Å². The minimum absolute atomic E-state index is 0.0504. The van der Waals surface area contributed by atoms with Crippen LogP contribution in [0.3, 0.4) is 0 Å². The molecule has 3 atom stereocenters. The van der Waals surface area contributed by atoms with E-state index >= 15 is 0 Å². The SMILES string of the molecule is CCC(CC(CC(C)C(=O)OC(C)(C)C)C1CCC(OC(C)=O)CC1)C1CCC(O)CC1. The fourth-order valence-electron chi connectivity index (χ4n) is 6.00. The van der Waals surface area contributed by atoms with Gasteiger partial charge in [0.25, 0.3) is 0 Å². The molecule has 0 bridgehead atoms. The summed E-state index contributed by atoms with van der Waals surface area (Å²) in [5.41, 5.74) is -0.461. The number of carbonyl (C=O) groups excluding carboxylic acids is 2. The molecule has 2 fully saturated rings. The predicted octanol–water partition coefficient (Wildman–Crippen LogP) is 6.06. The van der Waals surface area contributed by atoms with E-state index in [4.69, 9.17) is 9.47 Å². The Morgan fingerprint density at radius 1 is 0.906 bits per heavy atom. The van der Waals surface area contributed by atoms with Crippen molar-refractivity contribution in [2.45, 2.75) is 130 Å². The number of hydrogen-bond acceptors (Lipinski definition) is 5. The summed E-state index contributed by atoms with van der Waals surface area (Å²) in [5.74, 6) is 1.97. The van der Waals surface area contributed by atoms with E-state index in [0.717, 1.165) is 70.6 Å². The molecule has 3 unspecified atom stereocenters. The van der Waals surface area contributed by atoms with E-state index in [9.17, 15) is 14.7 Å². The molecule has 1 N–H and O–H groups in total. The van der Waals surface area contributed by atoms with Crippen molar-refractivity contribution in [3.05, 3.63) is 0 Å². The minimum Gasteiger partial charge on any atom is -0.463 e. The minimum atomic E-state index is -0.461. The molecule has 5 heteroatoms. The van der Waals surface area contributed by atoms with Crippen molar-refractivity contribution < 1.29 is 24.2 Å². The van der Waals surface area contributed by atoms with Crippen molar-refractivity contribution in [2.24, 2.45) is 29.6 Å². The lowest BCUT2D eigenvalue weighted by Crippen LogP contribution is -2.33. The van der Waals surface area contributed by atoms with Crippen LogP contribution in [0.1, 0.15) is 112 Å². The number of ether oxygens (including phenoxy) is 2. The zero-order valence-electron chi connectivity index (χ0n) is 21.4. The number of esters is 2. The molecule has 0 heterocycles. The standard InChI is InChI=1S/C27H48O5/c1-7-20(21-8-12-24(29)13-9-21)17-23(16-18(2)26(30)32-27(4,5)6)22-10-14-25(15-11-22)31-19(3)28/h18,20-25,29H,7-17H2,1-6H3. The van der Waals surface area contributed by atoms with Crippen molar-refractivity contribution in [3.63, 3.8) is 0 Å². The van der Waals surface area contributed by atoms with E-state index in [1.807, 2.05) is 27.7 Å². The highest BCUT2D eigenvalue weighted by atomic mass is 16.6. The maximum absolute atomic E-state index is 12.7. The van der Waals surface area contributed by atoms with Gasteiger partial charge in [0.15, 0.2) is 0 Å².